The molecule has 0 saturated carbocycles. The SMILES string of the molecule is CC(C)n1c2c(c3ccccc31)C[C@@H](C)N(CC(C)(C)F)[C@@H]2c1c(F)cc(/C=C/C(=O)O)cc1F. The number of benzene rings is 2. The van der Waals surface area contributed by atoms with Gasteiger partial charge in [-0.15, -0.1) is 0 Å². The minimum atomic E-state index is -1.59. The average Bonchev–Trinajstić information content (AvgIpc) is 3.07. The second kappa shape index (κ2) is 9.19. The van der Waals surface area contributed by atoms with Crippen LogP contribution in [0.15, 0.2) is 42.5 Å². The number of para-hydroxylation sites is 1. The molecule has 0 bridgehead atoms. The summed E-state index contributed by atoms with van der Waals surface area (Å²) in [4.78, 5) is 12.7. The Kier molecular flexibility index (Phi) is 6.58. The third-order valence-electron chi connectivity index (χ3n) is 6.58. The molecule has 2 aromatic carbocycles. The Hall–Kier alpha value is -3.06. The highest BCUT2D eigenvalue weighted by Crippen LogP contribution is 2.46. The maximum Gasteiger partial charge on any atom is 0.328 e. The zero-order valence-electron chi connectivity index (χ0n) is 20.6. The van der Waals surface area contributed by atoms with Crippen molar-refractivity contribution in [2.75, 3.05) is 6.54 Å². The lowest BCUT2D eigenvalue weighted by atomic mass is 9.86. The summed E-state index contributed by atoms with van der Waals surface area (Å²) in [6.07, 6.45) is 2.62. The number of halogens is 3. The van der Waals surface area contributed by atoms with Crippen LogP contribution in [-0.2, 0) is 11.2 Å². The van der Waals surface area contributed by atoms with Crippen molar-refractivity contribution in [2.45, 2.75) is 64.8 Å². The Morgan fingerprint density at radius 1 is 1.20 bits per heavy atom. The van der Waals surface area contributed by atoms with Gasteiger partial charge in [0, 0.05) is 46.9 Å². The number of aromatic nitrogens is 1. The minimum Gasteiger partial charge on any atom is -0.478 e. The average molecular weight is 485 g/mol. The summed E-state index contributed by atoms with van der Waals surface area (Å²) in [5, 5.41) is 9.92. The summed E-state index contributed by atoms with van der Waals surface area (Å²) in [6, 6.07) is 9.19. The first kappa shape index (κ1) is 25.0. The lowest BCUT2D eigenvalue weighted by molar-refractivity contribution is -0.131. The van der Waals surface area contributed by atoms with E-state index in [9.17, 15) is 4.79 Å². The first-order valence-corrected chi connectivity index (χ1v) is 11.9. The van der Waals surface area contributed by atoms with Gasteiger partial charge in [-0.05, 0) is 76.4 Å². The van der Waals surface area contributed by atoms with Crippen molar-refractivity contribution >= 4 is 22.9 Å². The maximum absolute atomic E-state index is 15.7. The molecule has 3 aromatic rings. The van der Waals surface area contributed by atoms with E-state index >= 15 is 13.2 Å². The van der Waals surface area contributed by atoms with Gasteiger partial charge >= 0.3 is 5.97 Å². The van der Waals surface area contributed by atoms with E-state index in [2.05, 4.69) is 4.57 Å². The molecule has 0 unspecified atom stereocenters. The normalized spacial score (nSPS) is 19.1. The van der Waals surface area contributed by atoms with E-state index in [0.29, 0.717) is 6.42 Å². The summed E-state index contributed by atoms with van der Waals surface area (Å²) in [7, 11) is 0. The van der Waals surface area contributed by atoms with Gasteiger partial charge in [0.2, 0.25) is 0 Å². The molecule has 2 heterocycles. The molecule has 7 heteroatoms. The van der Waals surface area contributed by atoms with Crippen molar-refractivity contribution in [2.24, 2.45) is 0 Å². The zero-order valence-corrected chi connectivity index (χ0v) is 20.6. The van der Waals surface area contributed by atoms with Crippen molar-refractivity contribution in [3.8, 4) is 0 Å². The third kappa shape index (κ3) is 4.74. The number of aliphatic carboxylic acids is 1. The van der Waals surface area contributed by atoms with Crippen LogP contribution in [0.4, 0.5) is 13.2 Å². The highest BCUT2D eigenvalue weighted by Gasteiger charge is 2.42. The molecule has 0 amide bonds. The van der Waals surface area contributed by atoms with Gasteiger partial charge in [-0.25, -0.2) is 18.0 Å². The number of hydrogen-bond acceptors (Lipinski definition) is 2. The fourth-order valence-corrected chi connectivity index (χ4v) is 5.36. The Labute approximate surface area is 203 Å². The van der Waals surface area contributed by atoms with Crippen molar-refractivity contribution in [3.63, 3.8) is 0 Å². The highest BCUT2D eigenvalue weighted by atomic mass is 19.1. The Morgan fingerprint density at radius 2 is 1.83 bits per heavy atom. The number of alkyl halides is 1. The quantitative estimate of drug-likeness (QED) is 0.397. The number of carbonyl (C=O) groups is 1. The summed E-state index contributed by atoms with van der Waals surface area (Å²) >= 11 is 0. The van der Waals surface area contributed by atoms with Crippen LogP contribution >= 0.6 is 0 Å². The summed E-state index contributed by atoms with van der Waals surface area (Å²) in [6.45, 7) is 8.95. The number of carboxylic acid groups (broad SMARTS) is 1. The van der Waals surface area contributed by atoms with Crippen LogP contribution in [-0.4, -0.2) is 38.8 Å². The van der Waals surface area contributed by atoms with Crippen LogP contribution in [0.1, 0.15) is 69.1 Å². The molecule has 0 fully saturated rings. The molecule has 1 aliphatic rings. The van der Waals surface area contributed by atoms with E-state index < -0.39 is 29.3 Å². The molecule has 0 radical (unpaired) electrons. The molecule has 0 spiro atoms. The van der Waals surface area contributed by atoms with Gasteiger partial charge in [0.05, 0.1) is 6.04 Å². The van der Waals surface area contributed by atoms with Crippen molar-refractivity contribution in [3.05, 3.63) is 76.5 Å². The van der Waals surface area contributed by atoms with E-state index in [1.54, 1.807) is 0 Å². The third-order valence-corrected chi connectivity index (χ3v) is 6.58. The van der Waals surface area contributed by atoms with Crippen molar-refractivity contribution in [1.29, 1.82) is 0 Å². The zero-order chi connectivity index (χ0) is 25.7. The molecule has 2 atom stereocenters. The standard InChI is InChI=1S/C28H31F3N2O2/c1-16(2)33-23-9-7-6-8-19(23)20-12-17(3)32(15-28(4,5)31)27(26(20)33)25-21(29)13-18(14-22(25)30)10-11-24(34)35/h6-11,13-14,16-17,27H,12,15H2,1-5H3,(H,34,35)/b11-10+/t17-,27-/m1/s1. The van der Waals surface area contributed by atoms with Gasteiger partial charge in [-0.2, -0.15) is 0 Å². The maximum atomic E-state index is 15.7. The van der Waals surface area contributed by atoms with E-state index in [0.717, 1.165) is 46.4 Å². The Morgan fingerprint density at radius 3 is 2.40 bits per heavy atom. The minimum absolute atomic E-state index is 0.00254. The van der Waals surface area contributed by atoms with Gasteiger partial charge in [0.1, 0.15) is 17.3 Å². The second-order valence-electron chi connectivity index (χ2n) is 10.3. The van der Waals surface area contributed by atoms with Gasteiger partial charge in [-0.3, -0.25) is 4.90 Å². The van der Waals surface area contributed by atoms with E-state index in [1.807, 2.05) is 49.9 Å². The molecule has 4 nitrogen and oxygen atoms in total. The number of hydrogen-bond donors (Lipinski definition) is 1. The van der Waals surface area contributed by atoms with Gasteiger partial charge in [0.15, 0.2) is 0 Å². The van der Waals surface area contributed by atoms with Gasteiger partial charge in [-0.1, -0.05) is 18.2 Å². The molecule has 35 heavy (non-hydrogen) atoms. The number of fused-ring (bicyclic) bond motifs is 3. The lowest BCUT2D eigenvalue weighted by Gasteiger charge is -2.44. The highest BCUT2D eigenvalue weighted by molar-refractivity contribution is 5.87. The Bertz CT molecular complexity index is 1280. The first-order chi connectivity index (χ1) is 16.4. The van der Waals surface area contributed by atoms with Crippen LogP contribution < -0.4 is 0 Å². The fourth-order valence-electron chi connectivity index (χ4n) is 5.36. The topological polar surface area (TPSA) is 45.5 Å². The summed E-state index contributed by atoms with van der Waals surface area (Å²) in [5.41, 5.74) is 1.14. The number of carboxylic acids is 1. The van der Waals surface area contributed by atoms with Crippen molar-refractivity contribution in [1.82, 2.24) is 9.47 Å². The van der Waals surface area contributed by atoms with Gasteiger partial charge < -0.3 is 9.67 Å². The molecule has 1 aliphatic heterocycles. The largest absolute Gasteiger partial charge is 0.478 e. The van der Waals surface area contributed by atoms with Crippen LogP contribution in [0, 0.1) is 11.6 Å². The molecule has 0 aliphatic carbocycles. The fraction of sp³-hybridized carbons (Fsp3) is 0.393. The molecule has 0 saturated heterocycles. The first-order valence-electron chi connectivity index (χ1n) is 11.9. The molecule has 4 rings (SSSR count). The van der Waals surface area contributed by atoms with Crippen LogP contribution in [0.25, 0.3) is 17.0 Å². The molecule has 1 aromatic heterocycles. The smallest absolute Gasteiger partial charge is 0.328 e. The number of nitrogens with zero attached hydrogens (tertiary/aromatic N) is 2. The van der Waals surface area contributed by atoms with Crippen LogP contribution in [0.5, 0.6) is 0 Å². The monoisotopic (exact) mass is 484 g/mol. The molecular weight excluding hydrogens is 453 g/mol. The molecule has 186 valence electrons. The summed E-state index contributed by atoms with van der Waals surface area (Å²) in [5.74, 6) is -2.79. The number of rotatable bonds is 6. The van der Waals surface area contributed by atoms with Crippen LogP contribution in [0.3, 0.4) is 0 Å². The molecule has 1 N–H and O–H groups in total. The molecular formula is C28H31F3N2O2. The predicted molar refractivity (Wildman–Crippen MR) is 132 cm³/mol. The van der Waals surface area contributed by atoms with Crippen molar-refractivity contribution < 1.29 is 23.1 Å². The van der Waals surface area contributed by atoms with E-state index in [4.69, 9.17) is 5.11 Å². The van der Waals surface area contributed by atoms with Crippen LogP contribution in [0.2, 0.25) is 0 Å². The lowest BCUT2D eigenvalue weighted by Crippen LogP contribution is -2.48. The second-order valence-corrected chi connectivity index (χ2v) is 10.3. The Balaban J connectivity index is 2.02. The summed E-state index contributed by atoms with van der Waals surface area (Å²) < 4.78 is 48.5. The predicted octanol–water partition coefficient (Wildman–Crippen LogP) is 6.68. The van der Waals surface area contributed by atoms with Gasteiger partial charge in [0.25, 0.3) is 0 Å². The van der Waals surface area contributed by atoms with E-state index in [1.165, 1.54) is 13.8 Å². The van der Waals surface area contributed by atoms with E-state index in [-0.39, 0.29) is 29.8 Å².